The fourth-order valence-corrected chi connectivity index (χ4v) is 1.62. The Morgan fingerprint density at radius 3 is 2.38 bits per heavy atom. The first kappa shape index (κ1) is 19.3. The average Bonchev–Trinajstić information content (AvgIpc) is 2.42. The van der Waals surface area contributed by atoms with Crippen LogP contribution >= 0.6 is 0 Å². The molecule has 0 radical (unpaired) electrons. The molecule has 1 aromatic carbocycles. The SMILES string of the molecule is CC(C)OC(=O)Nc1ccc(C(F)(F)F)cc1C(=O)NCC(=O)O. The molecule has 0 aliphatic heterocycles. The van der Waals surface area contributed by atoms with Crippen LogP contribution in [0.15, 0.2) is 18.2 Å². The number of benzene rings is 1. The van der Waals surface area contributed by atoms with Crippen molar-refractivity contribution in [3.8, 4) is 0 Å². The monoisotopic (exact) mass is 348 g/mol. The number of anilines is 1. The maximum absolute atomic E-state index is 12.8. The molecule has 132 valence electrons. The Kier molecular flexibility index (Phi) is 6.15. The molecule has 0 atom stereocenters. The predicted molar refractivity (Wildman–Crippen MR) is 76.7 cm³/mol. The Hall–Kier alpha value is -2.78. The maximum Gasteiger partial charge on any atom is 0.416 e. The number of halogens is 3. The molecule has 3 N–H and O–H groups in total. The molecule has 0 unspecified atom stereocenters. The number of carboxylic acids is 1. The molecule has 0 saturated heterocycles. The van der Waals surface area contributed by atoms with Gasteiger partial charge in [0, 0.05) is 0 Å². The summed E-state index contributed by atoms with van der Waals surface area (Å²) in [5, 5.41) is 12.6. The fraction of sp³-hybridized carbons (Fsp3) is 0.357. The highest BCUT2D eigenvalue weighted by Crippen LogP contribution is 2.32. The lowest BCUT2D eigenvalue weighted by Gasteiger charge is -2.15. The number of carbonyl (C=O) groups excluding carboxylic acids is 2. The molecular formula is C14H15F3N2O5. The molecule has 0 aliphatic carbocycles. The first-order valence-corrected chi connectivity index (χ1v) is 6.69. The third-order valence-electron chi connectivity index (χ3n) is 2.57. The van der Waals surface area contributed by atoms with Crippen molar-refractivity contribution in [1.29, 1.82) is 0 Å². The van der Waals surface area contributed by atoms with Gasteiger partial charge in [0.1, 0.15) is 6.54 Å². The molecule has 0 heterocycles. The molecule has 24 heavy (non-hydrogen) atoms. The zero-order valence-electron chi connectivity index (χ0n) is 12.7. The van der Waals surface area contributed by atoms with Gasteiger partial charge in [0.2, 0.25) is 0 Å². The first-order chi connectivity index (χ1) is 11.0. The summed E-state index contributed by atoms with van der Waals surface area (Å²) in [4.78, 5) is 33.9. The van der Waals surface area contributed by atoms with E-state index in [1.54, 1.807) is 13.8 Å². The van der Waals surface area contributed by atoms with Gasteiger partial charge in [0.25, 0.3) is 5.91 Å². The zero-order chi connectivity index (χ0) is 18.5. The summed E-state index contributed by atoms with van der Waals surface area (Å²) in [5.74, 6) is -2.45. The summed E-state index contributed by atoms with van der Waals surface area (Å²) >= 11 is 0. The molecule has 1 rings (SSSR count). The van der Waals surface area contributed by atoms with Crippen LogP contribution in [0.5, 0.6) is 0 Å². The van der Waals surface area contributed by atoms with Crippen LogP contribution in [0.25, 0.3) is 0 Å². The highest BCUT2D eigenvalue weighted by atomic mass is 19.4. The lowest BCUT2D eigenvalue weighted by atomic mass is 10.1. The number of hydrogen-bond donors (Lipinski definition) is 3. The highest BCUT2D eigenvalue weighted by molar-refractivity contribution is 6.03. The van der Waals surface area contributed by atoms with Crippen molar-refractivity contribution in [3.63, 3.8) is 0 Å². The van der Waals surface area contributed by atoms with E-state index in [-0.39, 0.29) is 5.69 Å². The molecular weight excluding hydrogens is 333 g/mol. The number of rotatable bonds is 5. The van der Waals surface area contributed by atoms with E-state index in [2.05, 4.69) is 5.32 Å². The Labute approximate surface area is 134 Å². The smallest absolute Gasteiger partial charge is 0.416 e. The van der Waals surface area contributed by atoms with E-state index in [1.807, 2.05) is 5.32 Å². The van der Waals surface area contributed by atoms with Crippen molar-refractivity contribution in [3.05, 3.63) is 29.3 Å². The Morgan fingerprint density at radius 1 is 1.25 bits per heavy atom. The molecule has 0 spiro atoms. The lowest BCUT2D eigenvalue weighted by molar-refractivity contribution is -0.138. The molecule has 10 heteroatoms. The van der Waals surface area contributed by atoms with Gasteiger partial charge in [0.05, 0.1) is 22.9 Å². The van der Waals surface area contributed by atoms with Crippen LogP contribution in [-0.4, -0.2) is 35.7 Å². The topological polar surface area (TPSA) is 105 Å². The van der Waals surface area contributed by atoms with Gasteiger partial charge in [-0.3, -0.25) is 14.9 Å². The van der Waals surface area contributed by atoms with Crippen molar-refractivity contribution in [2.45, 2.75) is 26.1 Å². The predicted octanol–water partition coefficient (Wildman–Crippen LogP) is 2.48. The van der Waals surface area contributed by atoms with Crippen LogP contribution in [0.4, 0.5) is 23.7 Å². The first-order valence-electron chi connectivity index (χ1n) is 6.69. The number of ether oxygens (including phenoxy) is 1. The molecule has 1 aromatic rings. The summed E-state index contributed by atoms with van der Waals surface area (Å²) in [7, 11) is 0. The van der Waals surface area contributed by atoms with Crippen LogP contribution in [0.2, 0.25) is 0 Å². The third-order valence-corrected chi connectivity index (χ3v) is 2.57. The molecule has 0 aromatic heterocycles. The molecule has 0 aliphatic rings. The number of amides is 2. The van der Waals surface area contributed by atoms with Gasteiger partial charge in [0.15, 0.2) is 0 Å². The van der Waals surface area contributed by atoms with Crippen LogP contribution in [0.3, 0.4) is 0 Å². The molecule has 0 bridgehead atoms. The number of carbonyl (C=O) groups is 3. The van der Waals surface area contributed by atoms with E-state index in [0.29, 0.717) is 12.1 Å². The fourth-order valence-electron chi connectivity index (χ4n) is 1.62. The molecule has 0 fully saturated rings. The van der Waals surface area contributed by atoms with Gasteiger partial charge in [-0.1, -0.05) is 0 Å². The van der Waals surface area contributed by atoms with E-state index >= 15 is 0 Å². The Balaban J connectivity index is 3.14. The highest BCUT2D eigenvalue weighted by Gasteiger charge is 2.32. The summed E-state index contributed by atoms with van der Waals surface area (Å²) in [6.45, 7) is 2.34. The van der Waals surface area contributed by atoms with E-state index in [1.165, 1.54) is 0 Å². The zero-order valence-corrected chi connectivity index (χ0v) is 12.7. The lowest BCUT2D eigenvalue weighted by Crippen LogP contribution is -2.30. The summed E-state index contributed by atoms with van der Waals surface area (Å²) in [6, 6.07) is 2.08. The van der Waals surface area contributed by atoms with Gasteiger partial charge < -0.3 is 15.2 Å². The van der Waals surface area contributed by atoms with Crippen LogP contribution < -0.4 is 10.6 Å². The van der Waals surface area contributed by atoms with Crippen molar-refractivity contribution in [2.75, 3.05) is 11.9 Å². The number of nitrogens with one attached hydrogen (secondary N) is 2. The number of alkyl halides is 3. The number of hydrogen-bond acceptors (Lipinski definition) is 4. The van der Waals surface area contributed by atoms with Crippen LogP contribution in [-0.2, 0) is 15.7 Å². The van der Waals surface area contributed by atoms with Gasteiger partial charge in [-0.05, 0) is 32.0 Å². The van der Waals surface area contributed by atoms with Crippen LogP contribution in [0.1, 0.15) is 29.8 Å². The third kappa shape index (κ3) is 5.78. The van der Waals surface area contributed by atoms with E-state index < -0.39 is 47.9 Å². The minimum Gasteiger partial charge on any atom is -0.480 e. The summed E-state index contributed by atoms with van der Waals surface area (Å²) < 4.78 is 43.1. The second-order valence-corrected chi connectivity index (χ2v) is 4.91. The van der Waals surface area contributed by atoms with Crippen molar-refractivity contribution in [2.24, 2.45) is 0 Å². The van der Waals surface area contributed by atoms with Gasteiger partial charge in [-0.15, -0.1) is 0 Å². The normalized spacial score (nSPS) is 11.1. The minimum atomic E-state index is -4.71. The molecule has 2 amide bonds. The van der Waals surface area contributed by atoms with Crippen molar-refractivity contribution in [1.82, 2.24) is 5.32 Å². The Morgan fingerprint density at radius 2 is 1.88 bits per heavy atom. The maximum atomic E-state index is 12.8. The largest absolute Gasteiger partial charge is 0.480 e. The van der Waals surface area contributed by atoms with Crippen molar-refractivity contribution < 1.29 is 37.4 Å². The van der Waals surface area contributed by atoms with E-state index in [9.17, 15) is 27.6 Å². The van der Waals surface area contributed by atoms with Crippen molar-refractivity contribution >= 4 is 23.7 Å². The number of carboxylic acid groups (broad SMARTS) is 1. The van der Waals surface area contributed by atoms with Gasteiger partial charge in [-0.25, -0.2) is 4.79 Å². The van der Waals surface area contributed by atoms with Crippen LogP contribution in [0, 0.1) is 0 Å². The second-order valence-electron chi connectivity index (χ2n) is 4.91. The van der Waals surface area contributed by atoms with Gasteiger partial charge in [-0.2, -0.15) is 13.2 Å². The van der Waals surface area contributed by atoms with E-state index in [4.69, 9.17) is 9.84 Å². The average molecular weight is 348 g/mol. The minimum absolute atomic E-state index is 0.239. The summed E-state index contributed by atoms with van der Waals surface area (Å²) in [5.41, 5.74) is -1.89. The molecule has 0 saturated carbocycles. The second kappa shape index (κ2) is 7.66. The Bertz CT molecular complexity index is 644. The van der Waals surface area contributed by atoms with Gasteiger partial charge >= 0.3 is 18.2 Å². The number of aliphatic carboxylic acids is 1. The summed E-state index contributed by atoms with van der Waals surface area (Å²) in [6.07, 6.45) is -6.15. The van der Waals surface area contributed by atoms with E-state index in [0.717, 1.165) is 6.07 Å². The standard InChI is InChI=1S/C14H15F3N2O5/c1-7(2)24-13(23)19-10-4-3-8(14(15,16)17)5-9(10)12(22)18-6-11(20)21/h3-5,7H,6H2,1-2H3,(H,18,22)(H,19,23)(H,20,21). The quantitative estimate of drug-likeness (QED) is 0.758. The molecule has 7 nitrogen and oxygen atoms in total.